The van der Waals surface area contributed by atoms with Crippen molar-refractivity contribution in [2.75, 3.05) is 59.0 Å². The zero-order valence-electron chi connectivity index (χ0n) is 17.2. The quantitative estimate of drug-likeness (QED) is 0.331. The van der Waals surface area contributed by atoms with Crippen LogP contribution in [0.1, 0.15) is 40.5 Å². The molecule has 2 atom stereocenters. The van der Waals surface area contributed by atoms with Crippen LogP contribution in [0.4, 0.5) is 0 Å². The number of hydrogen-bond acceptors (Lipinski definition) is 4. The third kappa shape index (κ3) is 8.27. The highest BCUT2D eigenvalue weighted by Gasteiger charge is 2.22. The van der Waals surface area contributed by atoms with Crippen LogP contribution in [0.5, 0.6) is 0 Å². The van der Waals surface area contributed by atoms with Crippen LogP contribution in [0.15, 0.2) is 4.99 Å². The maximum atomic E-state index is 5.44. The molecule has 0 spiro atoms. The summed E-state index contributed by atoms with van der Waals surface area (Å²) in [5, 5.41) is 6.97. The van der Waals surface area contributed by atoms with Gasteiger partial charge in [-0.25, -0.2) is 0 Å². The maximum absolute atomic E-state index is 5.44. The maximum Gasteiger partial charge on any atom is 0.191 e. The van der Waals surface area contributed by atoms with Crippen LogP contribution in [0, 0.1) is 5.92 Å². The minimum Gasteiger partial charge on any atom is -0.379 e. The van der Waals surface area contributed by atoms with Crippen molar-refractivity contribution in [3.63, 3.8) is 0 Å². The standard InChI is InChI=1S/C19H39N5O.HI/c1-5-20-19(21-13-17(4)23-9-11-25-12-10-23)22-14-18-7-6-8-24(15-18)16(2)3;/h16-18H,5-15H2,1-4H3,(H2,20,21,22);1H. The molecule has 0 aliphatic carbocycles. The van der Waals surface area contributed by atoms with Gasteiger partial charge in [0.15, 0.2) is 5.96 Å². The van der Waals surface area contributed by atoms with Crippen LogP contribution in [0.2, 0.25) is 0 Å². The molecule has 0 aromatic heterocycles. The fraction of sp³-hybridized carbons (Fsp3) is 0.947. The monoisotopic (exact) mass is 481 g/mol. The van der Waals surface area contributed by atoms with E-state index in [1.807, 2.05) is 0 Å². The molecule has 2 saturated heterocycles. The first kappa shape index (κ1) is 23.9. The summed E-state index contributed by atoms with van der Waals surface area (Å²) in [4.78, 5) is 9.89. The van der Waals surface area contributed by atoms with Crippen molar-refractivity contribution in [3.8, 4) is 0 Å². The molecule has 2 heterocycles. The Bertz CT molecular complexity index is 401. The molecular weight excluding hydrogens is 441 g/mol. The van der Waals surface area contributed by atoms with Crippen molar-refractivity contribution in [2.45, 2.75) is 52.6 Å². The Balaban J connectivity index is 0.00000338. The SMILES string of the molecule is CCNC(=NCC(C)N1CCOCC1)NCC1CCCN(C(C)C)C1.I. The van der Waals surface area contributed by atoms with Crippen LogP contribution in [0.3, 0.4) is 0 Å². The van der Waals surface area contributed by atoms with Gasteiger partial charge >= 0.3 is 0 Å². The van der Waals surface area contributed by atoms with Gasteiger partial charge in [-0.05, 0) is 53.0 Å². The third-order valence-corrected chi connectivity index (χ3v) is 5.37. The summed E-state index contributed by atoms with van der Waals surface area (Å²) in [7, 11) is 0. The highest BCUT2D eigenvalue weighted by atomic mass is 127. The molecule has 2 N–H and O–H groups in total. The predicted molar refractivity (Wildman–Crippen MR) is 121 cm³/mol. The van der Waals surface area contributed by atoms with Gasteiger partial charge in [-0.3, -0.25) is 9.89 Å². The third-order valence-electron chi connectivity index (χ3n) is 5.37. The Morgan fingerprint density at radius 1 is 1.12 bits per heavy atom. The van der Waals surface area contributed by atoms with Gasteiger partial charge in [-0.2, -0.15) is 0 Å². The molecule has 0 bridgehead atoms. The van der Waals surface area contributed by atoms with E-state index in [4.69, 9.17) is 9.73 Å². The molecule has 2 aliphatic heterocycles. The van der Waals surface area contributed by atoms with E-state index in [9.17, 15) is 0 Å². The normalized spacial score (nSPS) is 24.2. The molecule has 7 heteroatoms. The summed E-state index contributed by atoms with van der Waals surface area (Å²) in [5.74, 6) is 1.68. The van der Waals surface area contributed by atoms with E-state index in [1.165, 1.54) is 25.9 Å². The lowest BCUT2D eigenvalue weighted by atomic mass is 9.97. The Labute approximate surface area is 177 Å². The van der Waals surface area contributed by atoms with Gasteiger partial charge in [-0.1, -0.05) is 0 Å². The molecule has 0 saturated carbocycles. The zero-order valence-corrected chi connectivity index (χ0v) is 19.5. The minimum atomic E-state index is 0. The van der Waals surface area contributed by atoms with E-state index in [1.54, 1.807) is 0 Å². The number of rotatable bonds is 7. The van der Waals surface area contributed by atoms with Gasteiger partial charge in [0.05, 0.1) is 19.8 Å². The van der Waals surface area contributed by atoms with Crippen molar-refractivity contribution in [1.82, 2.24) is 20.4 Å². The molecule has 0 aromatic rings. The number of nitrogens with zero attached hydrogens (tertiary/aromatic N) is 3. The minimum absolute atomic E-state index is 0. The molecule has 0 amide bonds. The van der Waals surface area contributed by atoms with Crippen molar-refractivity contribution < 1.29 is 4.74 Å². The summed E-state index contributed by atoms with van der Waals surface area (Å²) in [5.41, 5.74) is 0. The number of ether oxygens (including phenoxy) is 1. The van der Waals surface area contributed by atoms with Gasteiger partial charge in [0, 0.05) is 44.8 Å². The van der Waals surface area contributed by atoms with E-state index < -0.39 is 0 Å². The number of guanidine groups is 1. The summed E-state index contributed by atoms with van der Waals surface area (Å²) in [6.07, 6.45) is 2.63. The summed E-state index contributed by atoms with van der Waals surface area (Å²) >= 11 is 0. The molecule has 26 heavy (non-hydrogen) atoms. The van der Waals surface area contributed by atoms with Crippen LogP contribution in [-0.4, -0.2) is 86.9 Å². The number of hydrogen-bond donors (Lipinski definition) is 2. The first-order valence-electron chi connectivity index (χ1n) is 10.2. The first-order valence-corrected chi connectivity index (χ1v) is 10.2. The highest BCUT2D eigenvalue weighted by molar-refractivity contribution is 14.0. The van der Waals surface area contributed by atoms with Crippen molar-refractivity contribution in [1.29, 1.82) is 0 Å². The second-order valence-electron chi connectivity index (χ2n) is 7.69. The lowest BCUT2D eigenvalue weighted by molar-refractivity contribution is 0.0220. The number of piperidine rings is 1. The van der Waals surface area contributed by atoms with Crippen LogP contribution < -0.4 is 10.6 Å². The Morgan fingerprint density at radius 3 is 2.50 bits per heavy atom. The van der Waals surface area contributed by atoms with Crippen LogP contribution in [-0.2, 0) is 4.74 Å². The fourth-order valence-corrected chi connectivity index (χ4v) is 3.67. The number of halogens is 1. The van der Waals surface area contributed by atoms with Crippen LogP contribution >= 0.6 is 24.0 Å². The average molecular weight is 481 g/mol. The average Bonchev–Trinajstić information content (AvgIpc) is 2.64. The largest absolute Gasteiger partial charge is 0.379 e. The predicted octanol–water partition coefficient (Wildman–Crippen LogP) is 2.00. The number of morpholine rings is 1. The lowest BCUT2D eigenvalue weighted by Gasteiger charge is -2.35. The van der Waals surface area contributed by atoms with Gasteiger partial charge < -0.3 is 20.3 Å². The van der Waals surface area contributed by atoms with Crippen molar-refractivity contribution in [3.05, 3.63) is 0 Å². The number of nitrogens with one attached hydrogen (secondary N) is 2. The fourth-order valence-electron chi connectivity index (χ4n) is 3.67. The summed E-state index contributed by atoms with van der Waals surface area (Å²) < 4.78 is 5.44. The summed E-state index contributed by atoms with van der Waals surface area (Å²) in [6, 6.07) is 1.12. The summed E-state index contributed by atoms with van der Waals surface area (Å²) in [6.45, 7) is 17.9. The molecule has 0 radical (unpaired) electrons. The topological polar surface area (TPSA) is 52.1 Å². The zero-order chi connectivity index (χ0) is 18.1. The molecule has 6 nitrogen and oxygen atoms in total. The molecule has 2 rings (SSSR count). The molecule has 154 valence electrons. The van der Waals surface area contributed by atoms with Crippen LogP contribution in [0.25, 0.3) is 0 Å². The molecule has 2 aliphatic rings. The van der Waals surface area contributed by atoms with E-state index in [2.05, 4.69) is 48.1 Å². The molecule has 2 fully saturated rings. The molecular formula is C19H40IN5O. The Hall–Kier alpha value is -0.120. The first-order chi connectivity index (χ1) is 12.1. The highest BCUT2D eigenvalue weighted by Crippen LogP contribution is 2.17. The van der Waals surface area contributed by atoms with Gasteiger partial charge in [0.1, 0.15) is 0 Å². The van der Waals surface area contributed by atoms with Gasteiger partial charge in [0.25, 0.3) is 0 Å². The van der Waals surface area contributed by atoms with E-state index in [0.29, 0.717) is 12.1 Å². The van der Waals surface area contributed by atoms with Crippen molar-refractivity contribution >= 4 is 29.9 Å². The molecule has 0 aromatic carbocycles. The second kappa shape index (κ2) is 13.1. The van der Waals surface area contributed by atoms with Gasteiger partial charge in [-0.15, -0.1) is 24.0 Å². The lowest BCUT2D eigenvalue weighted by Crippen LogP contribution is -2.47. The molecule has 2 unspecified atom stereocenters. The van der Waals surface area contributed by atoms with E-state index in [-0.39, 0.29) is 24.0 Å². The van der Waals surface area contributed by atoms with E-state index >= 15 is 0 Å². The Morgan fingerprint density at radius 2 is 1.85 bits per heavy atom. The second-order valence-corrected chi connectivity index (χ2v) is 7.69. The Kier molecular flexibility index (Phi) is 12.1. The number of likely N-dealkylation sites (tertiary alicyclic amines) is 1. The smallest absolute Gasteiger partial charge is 0.191 e. The van der Waals surface area contributed by atoms with Crippen molar-refractivity contribution in [2.24, 2.45) is 10.9 Å². The number of aliphatic imine (C=N–C) groups is 1. The van der Waals surface area contributed by atoms with E-state index in [0.717, 1.165) is 57.8 Å². The van der Waals surface area contributed by atoms with Gasteiger partial charge in [0.2, 0.25) is 0 Å².